The maximum atomic E-state index is 14.7. The van der Waals surface area contributed by atoms with Gasteiger partial charge in [-0.3, -0.25) is 4.79 Å². The monoisotopic (exact) mass is 562 g/mol. The Morgan fingerprint density at radius 1 is 0.861 bits per heavy atom. The van der Waals surface area contributed by atoms with Crippen LogP contribution < -0.4 is 10.6 Å². The van der Waals surface area contributed by atoms with Crippen LogP contribution in [-0.4, -0.2) is 31.2 Å². The summed E-state index contributed by atoms with van der Waals surface area (Å²) in [4.78, 5) is 10.9. The molecule has 0 aliphatic rings. The molecular weight excluding hydrogens is 551 g/mol. The first kappa shape index (κ1) is 29.4. The maximum absolute atomic E-state index is 14.7. The van der Waals surface area contributed by atoms with Crippen LogP contribution >= 0.6 is 12.6 Å². The summed E-state index contributed by atoms with van der Waals surface area (Å²) in [6.45, 7) is 0. The standard InChI is InChI=1S/C19H11F13N2OS/c1-33-10-4-2-3-8(12(10)20)14(35)34-13-9(16(22,23)24)5-7(6-11(13)36)15(21,18(27,28)29)17(25,26)19(30,31)32/h2-6,33,36H,1H3,(H,34,35). The molecule has 2 N–H and O–H groups in total. The molecule has 1 amide bonds. The van der Waals surface area contributed by atoms with Gasteiger partial charge in [-0.05, 0) is 24.3 Å². The van der Waals surface area contributed by atoms with E-state index in [4.69, 9.17) is 0 Å². The highest BCUT2D eigenvalue weighted by Crippen LogP contribution is 2.59. The number of anilines is 2. The first-order valence-corrected chi connectivity index (χ1v) is 9.48. The number of rotatable bonds is 5. The predicted octanol–water partition coefficient (Wildman–Crippen LogP) is 7.35. The van der Waals surface area contributed by atoms with E-state index < -0.39 is 81.3 Å². The third-order valence-electron chi connectivity index (χ3n) is 4.75. The average Bonchev–Trinajstić information content (AvgIpc) is 2.71. The maximum Gasteiger partial charge on any atom is 0.457 e. The molecule has 0 aliphatic carbocycles. The third-order valence-corrected chi connectivity index (χ3v) is 5.10. The Morgan fingerprint density at radius 3 is 1.86 bits per heavy atom. The topological polar surface area (TPSA) is 41.1 Å². The van der Waals surface area contributed by atoms with Crippen molar-refractivity contribution in [1.29, 1.82) is 0 Å². The number of carbonyl (C=O) groups excluding carboxylic acids is 1. The first-order chi connectivity index (χ1) is 16.1. The van der Waals surface area contributed by atoms with Gasteiger partial charge in [0.05, 0.1) is 22.5 Å². The number of amides is 1. The molecular formula is C19H11F13N2OS. The van der Waals surface area contributed by atoms with Crippen LogP contribution in [0.2, 0.25) is 0 Å². The fourth-order valence-electron chi connectivity index (χ4n) is 2.98. The molecule has 2 aromatic rings. The lowest BCUT2D eigenvalue weighted by atomic mass is 9.86. The van der Waals surface area contributed by atoms with E-state index in [-0.39, 0.29) is 5.69 Å². The van der Waals surface area contributed by atoms with Crippen molar-refractivity contribution in [1.82, 2.24) is 0 Å². The molecule has 0 spiro atoms. The number of carbonyl (C=O) groups is 1. The fourth-order valence-corrected chi connectivity index (χ4v) is 3.30. The molecule has 2 rings (SSSR count). The lowest BCUT2D eigenvalue weighted by molar-refractivity contribution is -0.389. The van der Waals surface area contributed by atoms with Gasteiger partial charge in [0.1, 0.15) is 0 Å². The van der Waals surface area contributed by atoms with Gasteiger partial charge in [-0.1, -0.05) is 6.07 Å². The molecule has 1 unspecified atom stereocenters. The summed E-state index contributed by atoms with van der Waals surface area (Å²) < 4.78 is 175. The minimum atomic E-state index is -7.25. The van der Waals surface area contributed by atoms with E-state index in [1.165, 1.54) is 12.4 Å². The number of alkyl halides is 12. The Labute approximate surface area is 198 Å². The minimum Gasteiger partial charge on any atom is -0.386 e. The van der Waals surface area contributed by atoms with Crippen LogP contribution in [0, 0.1) is 5.82 Å². The number of halogens is 13. The minimum absolute atomic E-state index is 0.304. The van der Waals surface area contributed by atoms with Crippen molar-refractivity contribution in [3.8, 4) is 0 Å². The molecule has 17 heteroatoms. The highest BCUT2D eigenvalue weighted by atomic mass is 32.1. The highest BCUT2D eigenvalue weighted by Gasteiger charge is 2.81. The summed E-state index contributed by atoms with van der Waals surface area (Å²) in [7, 11) is 1.22. The molecule has 0 fully saturated rings. The van der Waals surface area contributed by atoms with Gasteiger partial charge in [-0.15, -0.1) is 12.6 Å². The molecule has 3 nitrogen and oxygen atoms in total. The van der Waals surface area contributed by atoms with Gasteiger partial charge in [0.15, 0.2) is 5.82 Å². The SMILES string of the molecule is CNc1cccc(C(=O)Nc2c(S)cc(C(F)(C(F)(F)F)C(F)(F)C(F)(F)F)cc2C(F)(F)F)c1F. The van der Waals surface area contributed by atoms with Crippen LogP contribution in [0.3, 0.4) is 0 Å². The normalized spacial score (nSPS) is 14.9. The second-order valence-corrected chi connectivity index (χ2v) is 7.50. The summed E-state index contributed by atoms with van der Waals surface area (Å²) in [6.07, 6.45) is -20.1. The summed E-state index contributed by atoms with van der Waals surface area (Å²) in [5.74, 6) is -10.2. The Kier molecular flexibility index (Phi) is 7.53. The molecule has 0 heterocycles. The zero-order chi connectivity index (χ0) is 28.1. The molecule has 36 heavy (non-hydrogen) atoms. The van der Waals surface area contributed by atoms with E-state index in [2.05, 4.69) is 17.9 Å². The molecule has 0 saturated heterocycles. The van der Waals surface area contributed by atoms with E-state index in [0.29, 0.717) is 0 Å². The van der Waals surface area contributed by atoms with Crippen LogP contribution in [0.4, 0.5) is 68.5 Å². The van der Waals surface area contributed by atoms with Crippen LogP contribution in [0.1, 0.15) is 21.5 Å². The van der Waals surface area contributed by atoms with Gasteiger partial charge in [0, 0.05) is 17.5 Å². The van der Waals surface area contributed by atoms with Gasteiger partial charge in [0.25, 0.3) is 5.91 Å². The smallest absolute Gasteiger partial charge is 0.386 e. The zero-order valence-corrected chi connectivity index (χ0v) is 18.1. The van der Waals surface area contributed by atoms with Gasteiger partial charge in [-0.2, -0.15) is 48.3 Å². The van der Waals surface area contributed by atoms with Gasteiger partial charge in [0.2, 0.25) is 0 Å². The van der Waals surface area contributed by atoms with Crippen LogP contribution in [-0.2, 0) is 11.8 Å². The zero-order valence-electron chi connectivity index (χ0n) is 17.2. The number of benzene rings is 2. The van der Waals surface area contributed by atoms with E-state index in [1.54, 1.807) is 0 Å². The molecule has 0 radical (unpaired) electrons. The van der Waals surface area contributed by atoms with Crippen molar-refractivity contribution in [3.63, 3.8) is 0 Å². The quantitative estimate of drug-likeness (QED) is 0.264. The molecule has 200 valence electrons. The van der Waals surface area contributed by atoms with Crippen molar-refractivity contribution in [2.75, 3.05) is 17.7 Å². The lowest BCUT2D eigenvalue weighted by Crippen LogP contribution is -2.59. The van der Waals surface area contributed by atoms with E-state index in [9.17, 15) is 61.9 Å². The van der Waals surface area contributed by atoms with Crippen molar-refractivity contribution in [2.24, 2.45) is 0 Å². The summed E-state index contributed by atoms with van der Waals surface area (Å²) >= 11 is 3.34. The van der Waals surface area contributed by atoms with Crippen LogP contribution in [0.15, 0.2) is 35.2 Å². The molecule has 0 aromatic heterocycles. The second kappa shape index (κ2) is 9.23. The van der Waals surface area contributed by atoms with E-state index in [0.717, 1.165) is 18.2 Å². The van der Waals surface area contributed by atoms with E-state index in [1.807, 2.05) is 0 Å². The van der Waals surface area contributed by atoms with Crippen LogP contribution in [0.5, 0.6) is 0 Å². The molecule has 1 atom stereocenters. The van der Waals surface area contributed by atoms with E-state index >= 15 is 0 Å². The molecule has 0 bridgehead atoms. The van der Waals surface area contributed by atoms with Gasteiger partial charge >= 0.3 is 30.1 Å². The van der Waals surface area contributed by atoms with Crippen LogP contribution in [0.25, 0.3) is 0 Å². The number of hydrogen-bond acceptors (Lipinski definition) is 3. The lowest BCUT2D eigenvalue weighted by Gasteiger charge is -2.36. The third kappa shape index (κ3) is 4.88. The van der Waals surface area contributed by atoms with Crippen molar-refractivity contribution in [3.05, 3.63) is 52.8 Å². The Hall–Kier alpha value is -2.85. The second-order valence-electron chi connectivity index (χ2n) is 7.02. The summed E-state index contributed by atoms with van der Waals surface area (Å²) in [5.41, 5.74) is -14.7. The molecule has 0 saturated carbocycles. The molecule has 0 aliphatic heterocycles. The average molecular weight is 562 g/mol. The summed E-state index contributed by atoms with van der Waals surface area (Å²) in [6, 6.07) is 1.53. The molecule has 2 aromatic carbocycles. The van der Waals surface area contributed by atoms with Gasteiger partial charge < -0.3 is 10.6 Å². The van der Waals surface area contributed by atoms with Gasteiger partial charge in [-0.25, -0.2) is 8.78 Å². The van der Waals surface area contributed by atoms with Crippen molar-refractivity contribution in [2.45, 2.75) is 35.0 Å². The number of nitrogens with one attached hydrogen (secondary N) is 2. The van der Waals surface area contributed by atoms with Crippen molar-refractivity contribution >= 4 is 29.9 Å². The Morgan fingerprint density at radius 2 is 1.42 bits per heavy atom. The highest BCUT2D eigenvalue weighted by molar-refractivity contribution is 7.80. The predicted molar refractivity (Wildman–Crippen MR) is 102 cm³/mol. The Bertz CT molecular complexity index is 1160. The summed E-state index contributed by atoms with van der Waals surface area (Å²) in [5, 5.41) is 3.77. The Balaban J connectivity index is 2.79. The fraction of sp³-hybridized carbons (Fsp3) is 0.316. The van der Waals surface area contributed by atoms with Crippen molar-refractivity contribution < 1.29 is 61.9 Å². The number of hydrogen-bond donors (Lipinski definition) is 3. The number of thiol groups is 1. The largest absolute Gasteiger partial charge is 0.457 e. The first-order valence-electron chi connectivity index (χ1n) is 9.03.